The van der Waals surface area contributed by atoms with Crippen LogP contribution in [-0.4, -0.2) is 5.78 Å². The summed E-state index contributed by atoms with van der Waals surface area (Å²) in [7, 11) is 0. The molecule has 0 saturated heterocycles. The first kappa shape index (κ1) is 14.3. The second kappa shape index (κ2) is 7.45. The van der Waals surface area contributed by atoms with Gasteiger partial charge in [0.25, 0.3) is 0 Å². The van der Waals surface area contributed by atoms with E-state index in [2.05, 4.69) is 6.07 Å². The van der Waals surface area contributed by atoms with Gasteiger partial charge in [0.2, 0.25) is 0 Å². The number of hydrogen-bond acceptors (Lipinski definition) is 1. The van der Waals surface area contributed by atoms with Crippen molar-refractivity contribution in [2.24, 2.45) is 0 Å². The van der Waals surface area contributed by atoms with Crippen molar-refractivity contribution in [3.8, 4) is 0 Å². The summed E-state index contributed by atoms with van der Waals surface area (Å²) < 4.78 is 0. The van der Waals surface area contributed by atoms with Crippen molar-refractivity contribution in [2.45, 2.75) is 13.3 Å². The summed E-state index contributed by atoms with van der Waals surface area (Å²) in [5.41, 5.74) is 0.779. The zero-order valence-electron chi connectivity index (χ0n) is 7.01. The average Bonchev–Trinajstić information content (AvgIpc) is 2.05. The third-order valence-corrected chi connectivity index (χ3v) is 1.36. The largest absolute Gasteiger partial charge is 2.00 e. The van der Waals surface area contributed by atoms with Gasteiger partial charge in [0.15, 0.2) is 0 Å². The van der Waals surface area contributed by atoms with Crippen molar-refractivity contribution in [1.29, 1.82) is 0 Å². The first-order valence-electron chi connectivity index (χ1n) is 3.34. The van der Waals surface area contributed by atoms with Crippen LogP contribution >= 0.6 is 0 Å². The molecule has 0 N–H and O–H groups in total. The summed E-state index contributed by atoms with van der Waals surface area (Å²) in [4.78, 5) is 11.0. The molecule has 0 atom stereocenters. The molecule has 0 amide bonds. The van der Waals surface area contributed by atoms with E-state index < -0.39 is 0 Å². The standard InChI is InChI=1S/C9H9O.ClH.Zn/c1-2-9(10)8-6-4-3-5-7-8;;/h4-7H,2H2,1H3;1H;/q-1;;+2/p-1. The Bertz CT molecular complexity index is 223. The molecule has 0 aliphatic rings. The summed E-state index contributed by atoms with van der Waals surface area (Å²) in [5.74, 6) is 0.189. The molecule has 0 fully saturated rings. The minimum Gasteiger partial charge on any atom is -1.00 e. The van der Waals surface area contributed by atoms with E-state index in [9.17, 15) is 4.79 Å². The molecule has 0 unspecified atom stereocenters. The Balaban J connectivity index is 0. The molecule has 3 heteroatoms. The average molecular weight is 234 g/mol. The fourth-order valence-corrected chi connectivity index (χ4v) is 0.777. The zero-order chi connectivity index (χ0) is 7.40. The van der Waals surface area contributed by atoms with Crippen LogP contribution in [-0.2, 0) is 19.5 Å². The number of rotatable bonds is 2. The molecular weight excluding hydrogens is 225 g/mol. The van der Waals surface area contributed by atoms with Gasteiger partial charge in [0, 0.05) is 6.42 Å². The Morgan fingerprint density at radius 1 is 1.42 bits per heavy atom. The predicted molar refractivity (Wildman–Crippen MR) is 39.9 cm³/mol. The van der Waals surface area contributed by atoms with Crippen molar-refractivity contribution in [1.82, 2.24) is 0 Å². The number of carbonyl (C=O) groups excluding carboxylic acids is 1. The molecule has 1 aromatic rings. The minimum atomic E-state index is 0. The maximum absolute atomic E-state index is 11.0. The van der Waals surface area contributed by atoms with Gasteiger partial charge in [0.05, 0.1) is 0 Å². The topological polar surface area (TPSA) is 17.1 Å². The maximum atomic E-state index is 11.0. The fourth-order valence-electron chi connectivity index (χ4n) is 0.777. The van der Waals surface area contributed by atoms with E-state index in [1.54, 1.807) is 24.3 Å². The van der Waals surface area contributed by atoms with Crippen LogP contribution in [0.1, 0.15) is 23.7 Å². The van der Waals surface area contributed by atoms with Crippen LogP contribution in [0.15, 0.2) is 24.3 Å². The van der Waals surface area contributed by atoms with Gasteiger partial charge >= 0.3 is 19.5 Å². The summed E-state index contributed by atoms with van der Waals surface area (Å²) in [5, 5.41) is 0. The Morgan fingerprint density at radius 2 is 1.92 bits per heavy atom. The number of Topliss-reactive ketones (excluding diaryl/α,β-unsaturated/α-hetero) is 1. The molecule has 0 radical (unpaired) electrons. The third kappa shape index (κ3) is 3.99. The summed E-state index contributed by atoms with van der Waals surface area (Å²) in [6.07, 6.45) is 0.573. The third-order valence-electron chi connectivity index (χ3n) is 1.36. The van der Waals surface area contributed by atoms with E-state index in [1.807, 2.05) is 6.92 Å². The monoisotopic (exact) mass is 232 g/mol. The van der Waals surface area contributed by atoms with E-state index in [-0.39, 0.29) is 37.7 Å². The van der Waals surface area contributed by atoms with Crippen LogP contribution in [0.3, 0.4) is 0 Å². The molecule has 60 valence electrons. The number of halogens is 1. The zero-order valence-corrected chi connectivity index (χ0v) is 10.7. The normalized spacial score (nSPS) is 7.75. The quantitative estimate of drug-likeness (QED) is 0.367. The summed E-state index contributed by atoms with van der Waals surface area (Å²) >= 11 is 0. The van der Waals surface area contributed by atoms with Gasteiger partial charge in [-0.2, -0.15) is 30.3 Å². The molecular formula is C9H9ClOZn. The molecule has 0 saturated carbocycles. The van der Waals surface area contributed by atoms with Crippen LogP contribution in [0.25, 0.3) is 0 Å². The molecule has 0 heterocycles. The molecule has 0 aliphatic heterocycles. The van der Waals surface area contributed by atoms with E-state index in [0.717, 1.165) is 5.56 Å². The first-order valence-corrected chi connectivity index (χ1v) is 3.34. The molecule has 1 aromatic carbocycles. The van der Waals surface area contributed by atoms with E-state index in [0.29, 0.717) is 6.42 Å². The number of hydrogen-bond donors (Lipinski definition) is 0. The number of benzene rings is 1. The Hall–Kier alpha value is -0.197. The van der Waals surface area contributed by atoms with Crippen LogP contribution in [0, 0.1) is 6.07 Å². The van der Waals surface area contributed by atoms with Gasteiger partial charge in [-0.1, -0.05) is 12.5 Å². The van der Waals surface area contributed by atoms with Crippen LogP contribution in [0.5, 0.6) is 0 Å². The smallest absolute Gasteiger partial charge is 1.00 e. The van der Waals surface area contributed by atoms with Gasteiger partial charge in [0.1, 0.15) is 5.78 Å². The van der Waals surface area contributed by atoms with Gasteiger partial charge in [-0.05, 0) is 0 Å². The van der Waals surface area contributed by atoms with Gasteiger partial charge < -0.3 is 12.4 Å². The van der Waals surface area contributed by atoms with Crippen molar-refractivity contribution < 1.29 is 36.7 Å². The second-order valence-electron chi connectivity index (χ2n) is 2.07. The SMILES string of the molecule is CCC(=O)c1cc[c-]cc1.[Cl-].[Zn+2]. The van der Waals surface area contributed by atoms with Crippen LogP contribution < -0.4 is 12.4 Å². The van der Waals surface area contributed by atoms with Crippen LogP contribution in [0.2, 0.25) is 0 Å². The maximum Gasteiger partial charge on any atom is 2.00 e. The second-order valence-corrected chi connectivity index (χ2v) is 2.07. The molecule has 0 aliphatic carbocycles. The van der Waals surface area contributed by atoms with Gasteiger partial charge in [-0.25, -0.2) is 0 Å². The molecule has 1 nitrogen and oxygen atoms in total. The van der Waals surface area contributed by atoms with Crippen molar-refractivity contribution in [3.63, 3.8) is 0 Å². The van der Waals surface area contributed by atoms with Gasteiger partial charge in [-0.3, -0.25) is 4.79 Å². The predicted octanol–water partition coefficient (Wildman–Crippen LogP) is -0.919. The molecule has 0 aromatic heterocycles. The number of carbonyl (C=O) groups is 1. The first-order chi connectivity index (χ1) is 4.84. The Morgan fingerprint density at radius 3 is 2.33 bits per heavy atom. The minimum absolute atomic E-state index is 0. The van der Waals surface area contributed by atoms with Crippen molar-refractivity contribution in [3.05, 3.63) is 35.9 Å². The van der Waals surface area contributed by atoms with E-state index in [4.69, 9.17) is 0 Å². The molecule has 0 spiro atoms. The summed E-state index contributed by atoms with van der Waals surface area (Å²) in [6.45, 7) is 1.86. The van der Waals surface area contributed by atoms with Crippen LogP contribution in [0.4, 0.5) is 0 Å². The van der Waals surface area contributed by atoms with Crippen molar-refractivity contribution >= 4 is 5.78 Å². The van der Waals surface area contributed by atoms with Crippen molar-refractivity contribution in [2.75, 3.05) is 0 Å². The summed E-state index contributed by atoms with van der Waals surface area (Å²) in [6, 6.07) is 9.93. The van der Waals surface area contributed by atoms with Gasteiger partial charge in [-0.15, -0.1) is 0 Å². The molecule has 1 rings (SSSR count). The van der Waals surface area contributed by atoms with E-state index >= 15 is 0 Å². The fraction of sp³-hybridized carbons (Fsp3) is 0.222. The molecule has 12 heavy (non-hydrogen) atoms. The Labute approximate surface area is 91.7 Å². The molecule has 0 bridgehead atoms. The van der Waals surface area contributed by atoms with E-state index in [1.165, 1.54) is 0 Å². The number of ketones is 1. The Kier molecular flexibility index (Phi) is 8.90.